The smallest absolute Gasteiger partial charge is 0.269 e. The molecule has 45 heavy (non-hydrogen) atoms. The minimum Gasteiger partial charge on any atom is -0.344 e. The Labute approximate surface area is 265 Å². The van der Waals surface area contributed by atoms with Gasteiger partial charge < -0.3 is 25.8 Å². The number of carbonyl (C=O) groups excluding carboxylic acids is 4. The van der Waals surface area contributed by atoms with Gasteiger partial charge in [-0.05, 0) is 62.9 Å². The molecule has 1 aromatic heterocycles. The first-order valence-corrected chi connectivity index (χ1v) is 16.2. The highest BCUT2D eigenvalue weighted by atomic mass is 19.1. The van der Waals surface area contributed by atoms with E-state index in [2.05, 4.69) is 25.9 Å². The van der Waals surface area contributed by atoms with Crippen LogP contribution in [0.5, 0.6) is 0 Å². The molecule has 3 aliphatic rings. The molecular formula is C33H48FN7O4. The Bertz CT molecular complexity index is 1330. The number of rotatable bonds is 12. The molecule has 3 N–H and O–H groups in total. The van der Waals surface area contributed by atoms with Crippen LogP contribution in [0.1, 0.15) is 75.3 Å². The molecule has 2 unspecified atom stereocenters. The second-order valence-corrected chi connectivity index (χ2v) is 12.5. The molecule has 0 radical (unpaired) electrons. The maximum absolute atomic E-state index is 14.9. The molecule has 1 aliphatic heterocycles. The summed E-state index contributed by atoms with van der Waals surface area (Å²) in [6.45, 7) is 7.66. The van der Waals surface area contributed by atoms with Crippen LogP contribution in [0.3, 0.4) is 0 Å². The van der Waals surface area contributed by atoms with E-state index >= 15 is 0 Å². The van der Waals surface area contributed by atoms with Crippen molar-refractivity contribution in [3.63, 3.8) is 0 Å². The van der Waals surface area contributed by atoms with E-state index in [1.807, 2.05) is 20.9 Å². The fraction of sp³-hybridized carbons (Fsp3) is 0.606. The lowest BCUT2D eigenvalue weighted by Crippen LogP contribution is -2.58. The largest absolute Gasteiger partial charge is 0.344 e. The van der Waals surface area contributed by atoms with Crippen molar-refractivity contribution in [2.45, 2.75) is 84.3 Å². The molecule has 11 nitrogen and oxygen atoms in total. The van der Waals surface area contributed by atoms with Crippen LogP contribution in [0.4, 0.5) is 10.1 Å². The van der Waals surface area contributed by atoms with Gasteiger partial charge in [0, 0.05) is 51.3 Å². The third kappa shape index (κ3) is 10.4. The minimum absolute atomic E-state index is 0.0142. The maximum atomic E-state index is 14.9. The SMILES string of the molecule is C1CC1CC1CC1.CCC(=O)NC(Cc1ccc(NC(=O)CNC(=O)c2ccnn2CC)c(F)c1)C(=O)N1CCN(C)CC1C. The average molecular weight is 626 g/mol. The molecule has 2 atom stereocenters. The second kappa shape index (κ2) is 16.0. The molecule has 2 saturated carbocycles. The van der Waals surface area contributed by atoms with Gasteiger partial charge >= 0.3 is 0 Å². The van der Waals surface area contributed by atoms with Crippen molar-refractivity contribution in [3.8, 4) is 0 Å². The van der Waals surface area contributed by atoms with E-state index in [1.165, 1.54) is 34.8 Å². The molecule has 3 fully saturated rings. The number of anilines is 1. The van der Waals surface area contributed by atoms with Crippen molar-refractivity contribution in [1.82, 2.24) is 30.2 Å². The molecule has 246 valence electrons. The normalized spacial score (nSPS) is 18.8. The van der Waals surface area contributed by atoms with Crippen LogP contribution in [-0.4, -0.2) is 88.5 Å². The van der Waals surface area contributed by atoms with Crippen molar-refractivity contribution in [3.05, 3.63) is 47.5 Å². The predicted octanol–water partition coefficient (Wildman–Crippen LogP) is 3.21. The number of nitrogens with zero attached hydrogens (tertiary/aromatic N) is 4. The van der Waals surface area contributed by atoms with Crippen LogP contribution in [0, 0.1) is 17.7 Å². The number of likely N-dealkylation sites (N-methyl/N-ethyl adjacent to an activating group) is 1. The van der Waals surface area contributed by atoms with Crippen LogP contribution < -0.4 is 16.0 Å². The molecule has 0 bridgehead atoms. The Morgan fingerprint density at radius 1 is 1.02 bits per heavy atom. The first-order valence-electron chi connectivity index (χ1n) is 16.2. The Balaban J connectivity index is 0.000000569. The lowest BCUT2D eigenvalue weighted by Gasteiger charge is -2.40. The van der Waals surface area contributed by atoms with E-state index in [1.54, 1.807) is 56.1 Å². The molecule has 0 spiro atoms. The fourth-order valence-electron chi connectivity index (χ4n) is 5.59. The molecule has 2 aliphatic carbocycles. The number of halogens is 1. The fourth-order valence-corrected chi connectivity index (χ4v) is 5.59. The van der Waals surface area contributed by atoms with Gasteiger partial charge in [-0.2, -0.15) is 5.10 Å². The summed E-state index contributed by atoms with van der Waals surface area (Å²) in [5.74, 6) is 0.158. The Hall–Kier alpha value is -3.80. The topological polar surface area (TPSA) is 129 Å². The van der Waals surface area contributed by atoms with Crippen LogP contribution in [0.15, 0.2) is 30.5 Å². The van der Waals surface area contributed by atoms with Gasteiger partial charge in [-0.25, -0.2) is 4.39 Å². The van der Waals surface area contributed by atoms with Crippen molar-refractivity contribution >= 4 is 29.3 Å². The third-order valence-electron chi connectivity index (χ3n) is 8.53. The van der Waals surface area contributed by atoms with E-state index < -0.39 is 23.7 Å². The number of aromatic nitrogens is 2. The van der Waals surface area contributed by atoms with E-state index in [9.17, 15) is 23.6 Å². The highest BCUT2D eigenvalue weighted by molar-refractivity contribution is 5.98. The van der Waals surface area contributed by atoms with Gasteiger partial charge in [0.25, 0.3) is 5.91 Å². The lowest BCUT2D eigenvalue weighted by atomic mass is 10.0. The zero-order chi connectivity index (χ0) is 32.5. The molecule has 12 heteroatoms. The molecule has 2 heterocycles. The van der Waals surface area contributed by atoms with E-state index in [4.69, 9.17) is 0 Å². The van der Waals surface area contributed by atoms with Crippen molar-refractivity contribution < 1.29 is 23.6 Å². The summed E-state index contributed by atoms with van der Waals surface area (Å²) in [6, 6.07) is 4.93. The molecule has 2 aromatic rings. The first kappa shape index (κ1) is 34.1. The van der Waals surface area contributed by atoms with Gasteiger partial charge in [-0.15, -0.1) is 0 Å². The molecule has 1 saturated heterocycles. The van der Waals surface area contributed by atoms with Crippen LogP contribution >= 0.6 is 0 Å². The Morgan fingerprint density at radius 3 is 2.33 bits per heavy atom. The van der Waals surface area contributed by atoms with Crippen molar-refractivity contribution in [1.29, 1.82) is 0 Å². The summed E-state index contributed by atoms with van der Waals surface area (Å²) in [6.07, 6.45) is 9.61. The number of benzene rings is 1. The van der Waals surface area contributed by atoms with Gasteiger partial charge in [0.05, 0.1) is 12.2 Å². The summed E-state index contributed by atoms with van der Waals surface area (Å²) in [4.78, 5) is 54.0. The Kier molecular flexibility index (Phi) is 12.1. The van der Waals surface area contributed by atoms with Crippen LogP contribution in [0.25, 0.3) is 0 Å². The van der Waals surface area contributed by atoms with Gasteiger partial charge in [0.15, 0.2) is 0 Å². The molecular weight excluding hydrogens is 577 g/mol. The second-order valence-electron chi connectivity index (χ2n) is 12.5. The highest BCUT2D eigenvalue weighted by Crippen LogP contribution is 2.43. The number of hydrogen-bond donors (Lipinski definition) is 3. The summed E-state index contributed by atoms with van der Waals surface area (Å²) in [7, 11) is 1.99. The summed E-state index contributed by atoms with van der Waals surface area (Å²) >= 11 is 0. The first-order chi connectivity index (χ1) is 21.6. The average Bonchev–Trinajstić information content (AvgIpc) is 3.96. The van der Waals surface area contributed by atoms with Gasteiger partial charge in [-0.3, -0.25) is 23.9 Å². The van der Waals surface area contributed by atoms with Crippen molar-refractivity contribution in [2.24, 2.45) is 11.8 Å². The maximum Gasteiger partial charge on any atom is 0.269 e. The van der Waals surface area contributed by atoms with E-state index in [-0.39, 0.29) is 42.9 Å². The van der Waals surface area contributed by atoms with Crippen molar-refractivity contribution in [2.75, 3.05) is 38.5 Å². The zero-order valence-corrected chi connectivity index (χ0v) is 27.0. The quantitative estimate of drug-likeness (QED) is 0.333. The summed E-state index contributed by atoms with van der Waals surface area (Å²) in [5.41, 5.74) is 0.763. The van der Waals surface area contributed by atoms with Gasteiger partial charge in [0.1, 0.15) is 17.6 Å². The number of nitrogens with one attached hydrogen (secondary N) is 3. The van der Waals surface area contributed by atoms with Gasteiger partial charge in [-0.1, -0.05) is 38.7 Å². The highest BCUT2D eigenvalue weighted by Gasteiger charge is 2.32. The monoisotopic (exact) mass is 625 g/mol. The minimum atomic E-state index is -0.833. The molecule has 1 aromatic carbocycles. The molecule has 4 amide bonds. The Morgan fingerprint density at radius 2 is 1.73 bits per heavy atom. The van der Waals surface area contributed by atoms with Crippen LogP contribution in [0.2, 0.25) is 0 Å². The molecule has 5 rings (SSSR count). The number of piperazine rings is 1. The van der Waals surface area contributed by atoms with E-state index in [0.717, 1.165) is 13.1 Å². The number of carbonyl (C=O) groups is 4. The lowest BCUT2D eigenvalue weighted by molar-refractivity contribution is -0.140. The van der Waals surface area contributed by atoms with Gasteiger partial charge in [0.2, 0.25) is 17.7 Å². The summed E-state index contributed by atoms with van der Waals surface area (Å²) in [5, 5.41) is 11.7. The van der Waals surface area contributed by atoms with E-state index in [0.29, 0.717) is 24.3 Å². The number of amides is 4. The number of hydrogen-bond acceptors (Lipinski definition) is 6. The standard InChI is InChI=1S/C26H36FN7O4.C7H12/c1-5-23(35)31-21(26(38)33-12-11-32(4)16-17(33)3)14-18-7-8-20(19(27)13-18)30-24(36)15-28-25(37)22-9-10-29-34(22)6-2;1-2-6(1)5-7-3-4-7/h7-10,13,17,21H,5-6,11-12,14-16H2,1-4H3,(H,28,37)(H,30,36)(H,31,35);6-7H,1-5H2. The number of aryl methyl sites for hydroxylation is 1. The van der Waals surface area contributed by atoms with Crippen LogP contribution in [-0.2, 0) is 27.3 Å². The zero-order valence-electron chi connectivity index (χ0n) is 27.0. The predicted molar refractivity (Wildman–Crippen MR) is 170 cm³/mol. The summed E-state index contributed by atoms with van der Waals surface area (Å²) < 4.78 is 16.4. The third-order valence-corrected chi connectivity index (χ3v) is 8.53.